The van der Waals surface area contributed by atoms with Crippen molar-refractivity contribution in [2.24, 2.45) is 17.6 Å². The zero-order valence-corrected chi connectivity index (χ0v) is 28.2. The number of nitrogens with zero attached hydrogens (tertiary/aromatic N) is 2. The number of carbonyl (C=O) groups is 3. The van der Waals surface area contributed by atoms with Crippen LogP contribution in [0.15, 0.2) is 41.2 Å². The summed E-state index contributed by atoms with van der Waals surface area (Å²) in [4.78, 5) is 44.5. The van der Waals surface area contributed by atoms with Crippen LogP contribution in [-0.2, 0) is 4.79 Å². The van der Waals surface area contributed by atoms with Gasteiger partial charge in [0.15, 0.2) is 0 Å². The van der Waals surface area contributed by atoms with Crippen LogP contribution in [0.3, 0.4) is 0 Å². The van der Waals surface area contributed by atoms with Gasteiger partial charge in [0, 0.05) is 34.4 Å². The van der Waals surface area contributed by atoms with Crippen LogP contribution in [0.5, 0.6) is 0 Å². The number of aromatic carboxylic acids is 1. The molecule has 0 unspecified atom stereocenters. The zero-order chi connectivity index (χ0) is 34.8. The molecule has 1 aliphatic carbocycles. The van der Waals surface area contributed by atoms with Gasteiger partial charge in [0.2, 0.25) is 5.91 Å². The van der Waals surface area contributed by atoms with Crippen LogP contribution in [0.25, 0.3) is 10.4 Å². The first-order valence-corrected chi connectivity index (χ1v) is 17.1. The molecule has 4 rings (SSSR count). The van der Waals surface area contributed by atoms with Crippen LogP contribution in [0.1, 0.15) is 66.6 Å². The molecule has 2 heterocycles. The van der Waals surface area contributed by atoms with Crippen LogP contribution in [0.4, 0.5) is 11.4 Å². The topological polar surface area (TPSA) is 227 Å². The molecule has 4 atom stereocenters. The van der Waals surface area contributed by atoms with Crippen molar-refractivity contribution < 1.29 is 45.0 Å². The monoisotopic (exact) mass is 692 g/mol. The lowest BCUT2D eigenvalue weighted by Crippen LogP contribution is -2.48. The molecule has 0 saturated heterocycles. The summed E-state index contributed by atoms with van der Waals surface area (Å²) in [5.74, 6) is -0.755. The van der Waals surface area contributed by atoms with Crippen molar-refractivity contribution in [1.82, 2.24) is 4.98 Å². The number of hydrogen-bond acceptors (Lipinski definition) is 12. The number of hydrogen-bond donors (Lipinski definition) is 8. The molecule has 13 nitrogen and oxygen atoms in total. The summed E-state index contributed by atoms with van der Waals surface area (Å²) in [5.41, 5.74) is 8.84. The zero-order valence-electron chi connectivity index (χ0n) is 26.5. The molecular weight excluding hydrogens is 649 g/mol. The van der Waals surface area contributed by atoms with Crippen molar-refractivity contribution in [2.45, 2.75) is 76.9 Å². The number of nitrogens with one attached hydrogen (secondary N) is 1. The van der Waals surface area contributed by atoms with Crippen molar-refractivity contribution in [3.63, 3.8) is 0 Å². The number of aliphatic hydroxyl groups is 5. The van der Waals surface area contributed by atoms with E-state index in [1.54, 1.807) is 34.0 Å². The SMILES string of the molecule is CC1CCC(C(=O)N(c2cc(-c3ccc(NC(=O)c4cscn4)cc3)sc2C(=O)O)C(C)C)CC1.NC[C@H](O)[C@@H](O)[C@H](O)[C@H](O)CO. The molecular formula is C32H44N4O9S2. The number of rotatable bonds is 12. The van der Waals surface area contributed by atoms with Crippen molar-refractivity contribution in [1.29, 1.82) is 0 Å². The largest absolute Gasteiger partial charge is 0.477 e. The first kappa shape index (κ1) is 38.2. The van der Waals surface area contributed by atoms with Crippen LogP contribution in [0, 0.1) is 11.8 Å². The van der Waals surface area contributed by atoms with E-state index in [0.29, 0.717) is 23.0 Å². The maximum absolute atomic E-state index is 13.5. The summed E-state index contributed by atoms with van der Waals surface area (Å²) in [6.45, 7) is 5.15. The van der Waals surface area contributed by atoms with Gasteiger partial charge in [-0.05, 0) is 69.2 Å². The molecule has 0 aliphatic heterocycles. The Morgan fingerprint density at radius 2 is 1.64 bits per heavy atom. The van der Waals surface area contributed by atoms with Gasteiger partial charge in [0.1, 0.15) is 28.9 Å². The van der Waals surface area contributed by atoms with E-state index in [4.69, 9.17) is 31.3 Å². The molecule has 1 saturated carbocycles. The van der Waals surface area contributed by atoms with Crippen LogP contribution < -0.4 is 16.0 Å². The van der Waals surface area contributed by atoms with Gasteiger partial charge in [0.05, 0.1) is 23.9 Å². The van der Waals surface area contributed by atoms with Gasteiger partial charge in [0.25, 0.3) is 5.91 Å². The Balaban J connectivity index is 0.000000426. The molecule has 1 fully saturated rings. The van der Waals surface area contributed by atoms with Gasteiger partial charge in [-0.1, -0.05) is 19.1 Å². The second kappa shape index (κ2) is 17.8. The van der Waals surface area contributed by atoms with Crippen molar-refractivity contribution in [3.8, 4) is 10.4 Å². The molecule has 258 valence electrons. The Hall–Kier alpha value is -3.28. The van der Waals surface area contributed by atoms with E-state index in [1.807, 2.05) is 26.0 Å². The Kier molecular flexibility index (Phi) is 14.4. The fourth-order valence-electron chi connectivity index (χ4n) is 5.15. The molecule has 9 N–H and O–H groups in total. The number of benzene rings is 1. The number of carboxylic acid groups (broad SMARTS) is 1. The summed E-state index contributed by atoms with van der Waals surface area (Å²) >= 11 is 2.51. The molecule has 1 aliphatic rings. The summed E-state index contributed by atoms with van der Waals surface area (Å²) in [7, 11) is 0. The van der Waals surface area contributed by atoms with E-state index in [1.165, 1.54) is 11.3 Å². The Morgan fingerprint density at radius 1 is 1.02 bits per heavy atom. The highest BCUT2D eigenvalue weighted by Gasteiger charge is 2.33. The number of anilines is 2. The number of thiazole rings is 1. The third-order valence-corrected chi connectivity index (χ3v) is 9.69. The molecule has 0 spiro atoms. The van der Waals surface area contributed by atoms with E-state index < -0.39 is 37.0 Å². The molecule has 2 amide bonds. The smallest absolute Gasteiger partial charge is 0.348 e. The molecule has 1 aromatic carbocycles. The minimum absolute atomic E-state index is 0.0128. The van der Waals surface area contributed by atoms with Gasteiger partial charge < -0.3 is 46.6 Å². The molecule has 0 bridgehead atoms. The summed E-state index contributed by atoms with van der Waals surface area (Å²) in [6.07, 6.45) is -2.18. The van der Waals surface area contributed by atoms with Crippen LogP contribution in [0.2, 0.25) is 0 Å². The van der Waals surface area contributed by atoms with Gasteiger partial charge in [-0.25, -0.2) is 9.78 Å². The minimum Gasteiger partial charge on any atom is -0.477 e. The second-order valence-electron chi connectivity index (χ2n) is 11.8. The summed E-state index contributed by atoms with van der Waals surface area (Å²) < 4.78 is 0. The van der Waals surface area contributed by atoms with Gasteiger partial charge >= 0.3 is 5.97 Å². The van der Waals surface area contributed by atoms with E-state index >= 15 is 0 Å². The number of thiophene rings is 1. The Bertz CT molecular complexity index is 1430. The standard InChI is InChI=1S/C26H29N3O4S2.C6H15NO5/c1-15(2)29(25(31)18-6-4-16(3)5-7-18)21-12-22(35-23(21)26(32)33)17-8-10-19(11-9-17)28-24(30)20-13-34-14-27-20;7-1-3(9)5(11)6(12)4(10)2-8/h8-16,18H,4-7H2,1-3H3,(H,28,30)(H,32,33);3-6,8-12H,1-2,7H2/t;3-,4+,5+,6+/m.0/s1. The number of aliphatic hydroxyl groups excluding tert-OH is 5. The second-order valence-corrected chi connectivity index (χ2v) is 13.6. The number of amides is 2. The minimum atomic E-state index is -1.59. The average molecular weight is 693 g/mol. The van der Waals surface area contributed by atoms with E-state index in [-0.39, 0.29) is 35.2 Å². The summed E-state index contributed by atoms with van der Waals surface area (Å²) in [6, 6.07) is 8.86. The number of carbonyl (C=O) groups excluding carboxylic acids is 2. The lowest BCUT2D eigenvalue weighted by atomic mass is 9.82. The predicted octanol–water partition coefficient (Wildman–Crippen LogP) is 2.77. The maximum atomic E-state index is 13.5. The quantitative estimate of drug-likeness (QED) is 0.138. The highest BCUT2D eigenvalue weighted by Crippen LogP contribution is 2.40. The third-order valence-electron chi connectivity index (χ3n) is 7.94. The van der Waals surface area contributed by atoms with Crippen molar-refractivity contribution in [3.05, 3.63) is 51.8 Å². The molecule has 15 heteroatoms. The highest BCUT2D eigenvalue weighted by atomic mass is 32.1. The first-order valence-electron chi connectivity index (χ1n) is 15.3. The van der Waals surface area contributed by atoms with E-state index in [2.05, 4.69) is 17.2 Å². The number of nitrogens with two attached hydrogens (primary N) is 1. The fraction of sp³-hybridized carbons (Fsp3) is 0.500. The van der Waals surface area contributed by atoms with E-state index in [9.17, 15) is 19.5 Å². The number of carboxylic acids is 1. The van der Waals surface area contributed by atoms with Crippen molar-refractivity contribution >= 4 is 51.8 Å². The molecule has 2 aromatic heterocycles. The van der Waals surface area contributed by atoms with Gasteiger partial charge in [-0.3, -0.25) is 9.59 Å². The van der Waals surface area contributed by atoms with Gasteiger partial charge in [-0.2, -0.15) is 0 Å². The Labute approximate surface area is 281 Å². The third kappa shape index (κ3) is 10.1. The normalized spacial score (nSPS) is 18.8. The number of aromatic nitrogens is 1. The summed E-state index contributed by atoms with van der Waals surface area (Å²) in [5, 5.41) is 58.6. The van der Waals surface area contributed by atoms with Crippen LogP contribution >= 0.6 is 22.7 Å². The first-order chi connectivity index (χ1) is 22.3. The van der Waals surface area contributed by atoms with Gasteiger partial charge in [-0.15, -0.1) is 22.7 Å². The van der Waals surface area contributed by atoms with Crippen molar-refractivity contribution in [2.75, 3.05) is 23.4 Å². The Morgan fingerprint density at radius 3 is 2.15 bits per heavy atom. The highest BCUT2D eigenvalue weighted by molar-refractivity contribution is 7.18. The van der Waals surface area contributed by atoms with Crippen LogP contribution in [-0.4, -0.2) is 97.0 Å². The van der Waals surface area contributed by atoms with E-state index in [0.717, 1.165) is 47.5 Å². The lowest BCUT2D eigenvalue weighted by Gasteiger charge is -2.33. The lowest BCUT2D eigenvalue weighted by molar-refractivity contribution is -0.123. The molecule has 0 radical (unpaired) electrons. The molecule has 3 aromatic rings. The predicted molar refractivity (Wildman–Crippen MR) is 181 cm³/mol. The fourth-order valence-corrected chi connectivity index (χ4v) is 6.68. The molecule has 47 heavy (non-hydrogen) atoms. The maximum Gasteiger partial charge on any atom is 0.348 e. The average Bonchev–Trinajstić information content (AvgIpc) is 3.76.